The molecule has 2 aromatic carbocycles. The summed E-state index contributed by atoms with van der Waals surface area (Å²) >= 11 is 7.47. The van der Waals surface area contributed by atoms with Crippen molar-refractivity contribution >= 4 is 29.3 Å². The molecule has 0 unspecified atom stereocenters. The predicted octanol–water partition coefficient (Wildman–Crippen LogP) is 4.45. The van der Waals surface area contributed by atoms with Crippen molar-refractivity contribution in [3.8, 4) is 0 Å². The van der Waals surface area contributed by atoms with Crippen LogP contribution in [0.25, 0.3) is 0 Å². The molecule has 1 N–H and O–H groups in total. The van der Waals surface area contributed by atoms with Crippen molar-refractivity contribution in [3.05, 3.63) is 64.9 Å². The highest BCUT2D eigenvalue weighted by molar-refractivity contribution is 8.00. The highest BCUT2D eigenvalue weighted by Gasteiger charge is 2.12. The van der Waals surface area contributed by atoms with Gasteiger partial charge in [0.15, 0.2) is 0 Å². The average molecular weight is 324 g/mol. The molecule has 0 fully saturated rings. The summed E-state index contributed by atoms with van der Waals surface area (Å²) in [5, 5.41) is 3.54. The normalized spacial score (nSPS) is 12.0. The van der Waals surface area contributed by atoms with Gasteiger partial charge in [-0.1, -0.05) is 29.8 Å². The third kappa shape index (κ3) is 4.76. The summed E-state index contributed by atoms with van der Waals surface area (Å²) < 4.78 is 12.8. The molecule has 110 valence electrons. The van der Waals surface area contributed by atoms with Gasteiger partial charge in [0.2, 0.25) is 5.91 Å². The Kier molecular flexibility index (Phi) is 5.65. The molecule has 21 heavy (non-hydrogen) atoms. The van der Waals surface area contributed by atoms with Gasteiger partial charge in [-0.2, -0.15) is 0 Å². The van der Waals surface area contributed by atoms with Crippen molar-refractivity contribution in [2.45, 2.75) is 17.9 Å². The molecule has 0 bridgehead atoms. The summed E-state index contributed by atoms with van der Waals surface area (Å²) in [5.74, 6) is -0.0895. The molecular weight excluding hydrogens is 309 g/mol. The molecule has 0 aliphatic heterocycles. The van der Waals surface area contributed by atoms with E-state index in [1.54, 1.807) is 18.2 Å². The smallest absolute Gasteiger partial charge is 0.230 e. The summed E-state index contributed by atoms with van der Waals surface area (Å²) in [5.41, 5.74) is 0.888. The van der Waals surface area contributed by atoms with Crippen LogP contribution in [0.5, 0.6) is 0 Å². The molecule has 2 nitrogen and oxygen atoms in total. The van der Waals surface area contributed by atoms with E-state index >= 15 is 0 Å². The van der Waals surface area contributed by atoms with Crippen LogP contribution < -0.4 is 5.32 Å². The number of benzene rings is 2. The summed E-state index contributed by atoms with van der Waals surface area (Å²) in [6.07, 6.45) is 0. The van der Waals surface area contributed by atoms with Crippen molar-refractivity contribution in [1.82, 2.24) is 5.32 Å². The van der Waals surface area contributed by atoms with Gasteiger partial charge in [0.25, 0.3) is 0 Å². The number of hydrogen-bond acceptors (Lipinski definition) is 2. The van der Waals surface area contributed by atoms with E-state index in [-0.39, 0.29) is 23.5 Å². The second-order valence-corrected chi connectivity index (χ2v) is 6.01. The van der Waals surface area contributed by atoms with Crippen molar-refractivity contribution in [1.29, 1.82) is 0 Å². The number of thioether (sulfide) groups is 1. The molecule has 0 saturated heterocycles. The van der Waals surface area contributed by atoms with Crippen LogP contribution in [-0.2, 0) is 4.79 Å². The van der Waals surface area contributed by atoms with Crippen LogP contribution in [0.15, 0.2) is 53.4 Å². The van der Waals surface area contributed by atoms with Gasteiger partial charge in [0.05, 0.1) is 11.8 Å². The number of carbonyl (C=O) groups is 1. The van der Waals surface area contributed by atoms with E-state index in [0.29, 0.717) is 5.02 Å². The first kappa shape index (κ1) is 15.9. The van der Waals surface area contributed by atoms with Gasteiger partial charge in [0.1, 0.15) is 5.82 Å². The molecule has 0 saturated carbocycles. The SMILES string of the molecule is C[C@H](NC(=O)CSc1ccc(F)cc1)c1ccccc1Cl. The summed E-state index contributed by atoms with van der Waals surface area (Å²) in [6.45, 7) is 1.89. The molecular formula is C16H15ClFNOS. The van der Waals surface area contributed by atoms with E-state index in [1.165, 1.54) is 23.9 Å². The standard InChI is InChI=1S/C16H15ClFNOS/c1-11(14-4-2-3-5-15(14)17)19-16(20)10-21-13-8-6-12(18)7-9-13/h2-9,11H,10H2,1H3,(H,19,20)/t11-/m0/s1. The van der Waals surface area contributed by atoms with Crippen LogP contribution in [0.4, 0.5) is 4.39 Å². The van der Waals surface area contributed by atoms with E-state index in [9.17, 15) is 9.18 Å². The maximum Gasteiger partial charge on any atom is 0.230 e. The Morgan fingerprint density at radius 1 is 1.24 bits per heavy atom. The Labute approximate surface area is 132 Å². The Morgan fingerprint density at radius 3 is 2.57 bits per heavy atom. The lowest BCUT2D eigenvalue weighted by molar-refractivity contribution is -0.119. The van der Waals surface area contributed by atoms with Gasteiger partial charge in [0, 0.05) is 9.92 Å². The number of halogens is 2. The molecule has 5 heteroatoms. The minimum atomic E-state index is -0.281. The van der Waals surface area contributed by atoms with Gasteiger partial charge in [-0.3, -0.25) is 4.79 Å². The zero-order valence-corrected chi connectivity index (χ0v) is 13.0. The molecule has 0 aromatic heterocycles. The monoisotopic (exact) mass is 323 g/mol. The van der Waals surface area contributed by atoms with E-state index in [0.717, 1.165) is 10.5 Å². The van der Waals surface area contributed by atoms with Crippen molar-refractivity contribution < 1.29 is 9.18 Å². The molecule has 1 amide bonds. The minimum absolute atomic E-state index is 0.0863. The topological polar surface area (TPSA) is 29.1 Å². The van der Waals surface area contributed by atoms with Crippen molar-refractivity contribution in [3.63, 3.8) is 0 Å². The minimum Gasteiger partial charge on any atom is -0.349 e. The highest BCUT2D eigenvalue weighted by atomic mass is 35.5. The van der Waals surface area contributed by atoms with Gasteiger partial charge in [-0.15, -0.1) is 11.8 Å². The van der Waals surface area contributed by atoms with Gasteiger partial charge in [-0.05, 0) is 42.8 Å². The van der Waals surface area contributed by atoms with Crippen molar-refractivity contribution in [2.24, 2.45) is 0 Å². The predicted molar refractivity (Wildman–Crippen MR) is 85.1 cm³/mol. The maximum atomic E-state index is 12.8. The number of hydrogen-bond donors (Lipinski definition) is 1. The second kappa shape index (κ2) is 7.48. The lowest BCUT2D eigenvalue weighted by Gasteiger charge is -2.15. The molecule has 0 heterocycles. The third-order valence-corrected chi connectivity index (χ3v) is 4.29. The first-order valence-electron chi connectivity index (χ1n) is 6.48. The molecule has 2 rings (SSSR count). The van der Waals surface area contributed by atoms with Gasteiger partial charge in [-0.25, -0.2) is 4.39 Å². The van der Waals surface area contributed by atoms with Crippen LogP contribution in [0, 0.1) is 5.82 Å². The lowest BCUT2D eigenvalue weighted by Crippen LogP contribution is -2.28. The van der Waals surface area contributed by atoms with Crippen molar-refractivity contribution in [2.75, 3.05) is 5.75 Å². The molecule has 1 atom stereocenters. The highest BCUT2D eigenvalue weighted by Crippen LogP contribution is 2.23. The Hall–Kier alpha value is -1.52. The van der Waals surface area contributed by atoms with E-state index < -0.39 is 0 Å². The molecule has 0 radical (unpaired) electrons. The largest absolute Gasteiger partial charge is 0.349 e. The Morgan fingerprint density at radius 2 is 1.90 bits per heavy atom. The number of carbonyl (C=O) groups excluding carboxylic acids is 1. The summed E-state index contributed by atoms with van der Waals surface area (Å²) in [6, 6.07) is 13.4. The zero-order chi connectivity index (χ0) is 15.2. The van der Waals surface area contributed by atoms with Crippen LogP contribution in [-0.4, -0.2) is 11.7 Å². The van der Waals surface area contributed by atoms with Crippen LogP contribution in [0.2, 0.25) is 5.02 Å². The fourth-order valence-corrected chi connectivity index (χ4v) is 2.88. The third-order valence-electron chi connectivity index (χ3n) is 2.93. The Bertz CT molecular complexity index is 618. The maximum absolute atomic E-state index is 12.8. The quantitative estimate of drug-likeness (QED) is 0.824. The second-order valence-electron chi connectivity index (χ2n) is 4.55. The number of nitrogens with one attached hydrogen (secondary N) is 1. The van der Waals surface area contributed by atoms with Crippen LogP contribution in [0.1, 0.15) is 18.5 Å². The summed E-state index contributed by atoms with van der Waals surface area (Å²) in [4.78, 5) is 12.8. The summed E-state index contributed by atoms with van der Waals surface area (Å²) in [7, 11) is 0. The van der Waals surface area contributed by atoms with E-state index in [2.05, 4.69) is 5.32 Å². The fourth-order valence-electron chi connectivity index (χ4n) is 1.87. The van der Waals surface area contributed by atoms with E-state index in [1.807, 2.05) is 25.1 Å². The first-order chi connectivity index (χ1) is 10.1. The average Bonchev–Trinajstić information content (AvgIpc) is 2.47. The zero-order valence-electron chi connectivity index (χ0n) is 11.5. The Balaban J connectivity index is 1.87. The number of amides is 1. The first-order valence-corrected chi connectivity index (χ1v) is 7.85. The van der Waals surface area contributed by atoms with Gasteiger partial charge < -0.3 is 5.32 Å². The van der Waals surface area contributed by atoms with Gasteiger partial charge >= 0.3 is 0 Å². The lowest BCUT2D eigenvalue weighted by atomic mass is 10.1. The van der Waals surface area contributed by atoms with Crippen LogP contribution >= 0.6 is 23.4 Å². The van der Waals surface area contributed by atoms with E-state index in [4.69, 9.17) is 11.6 Å². The molecule has 0 aliphatic rings. The fraction of sp³-hybridized carbons (Fsp3) is 0.188. The van der Waals surface area contributed by atoms with Crippen LogP contribution in [0.3, 0.4) is 0 Å². The molecule has 0 spiro atoms. The molecule has 0 aliphatic carbocycles. The molecule has 2 aromatic rings. The number of rotatable bonds is 5.